The number of hydrogen-bond donors (Lipinski definition) is 0. The summed E-state index contributed by atoms with van der Waals surface area (Å²) >= 11 is 0. The number of anilines is 2. The van der Waals surface area contributed by atoms with Crippen molar-refractivity contribution in [2.24, 2.45) is 0 Å². The Balaban J connectivity index is 1.42. The summed E-state index contributed by atoms with van der Waals surface area (Å²) in [6.45, 7) is 11.8. The molecule has 2 fully saturated rings. The first-order chi connectivity index (χ1) is 14.0. The van der Waals surface area contributed by atoms with Crippen LogP contribution in [0.4, 0.5) is 11.9 Å². The van der Waals surface area contributed by atoms with E-state index in [9.17, 15) is 0 Å². The zero-order valence-corrected chi connectivity index (χ0v) is 17.7. The molecule has 0 amide bonds. The van der Waals surface area contributed by atoms with E-state index >= 15 is 0 Å². The monoisotopic (exact) mass is 395 g/mol. The molecule has 8 nitrogen and oxygen atoms in total. The van der Waals surface area contributed by atoms with E-state index in [2.05, 4.69) is 29.7 Å². The molecule has 0 saturated carbocycles. The lowest BCUT2D eigenvalue weighted by Crippen LogP contribution is -2.23. The molecule has 1 radical (unpaired) electrons. The van der Waals surface area contributed by atoms with E-state index in [4.69, 9.17) is 9.31 Å². The van der Waals surface area contributed by atoms with Gasteiger partial charge < -0.3 is 19.1 Å². The van der Waals surface area contributed by atoms with E-state index in [0.717, 1.165) is 60.9 Å². The van der Waals surface area contributed by atoms with Gasteiger partial charge in [-0.2, -0.15) is 0 Å². The fraction of sp³-hybridized carbons (Fsp3) is 0.600. The quantitative estimate of drug-likeness (QED) is 0.691. The average Bonchev–Trinajstić information content (AvgIpc) is 3.39. The van der Waals surface area contributed by atoms with Gasteiger partial charge >= 0.3 is 7.69 Å². The SMILES string of the molecule is Cc1nc(N2CCCC2)nc(C)c1O[B]Oc1c(C)nc(N2CCCC2)nc1C. The minimum atomic E-state index is 0.623. The minimum absolute atomic E-state index is 0.623. The summed E-state index contributed by atoms with van der Waals surface area (Å²) in [4.78, 5) is 22.9. The summed E-state index contributed by atoms with van der Waals surface area (Å²) < 4.78 is 11.5. The number of aromatic nitrogens is 4. The van der Waals surface area contributed by atoms with Gasteiger partial charge in [-0.25, -0.2) is 19.9 Å². The molecule has 29 heavy (non-hydrogen) atoms. The highest BCUT2D eigenvalue weighted by Gasteiger charge is 2.21. The van der Waals surface area contributed by atoms with E-state index in [1.807, 2.05) is 27.7 Å². The molecular weight excluding hydrogens is 367 g/mol. The van der Waals surface area contributed by atoms with Crippen molar-refractivity contribution < 1.29 is 9.31 Å². The van der Waals surface area contributed by atoms with Crippen molar-refractivity contribution in [1.82, 2.24) is 19.9 Å². The average molecular weight is 395 g/mol. The molecule has 0 atom stereocenters. The molecule has 2 aromatic rings. The highest BCUT2D eigenvalue weighted by atomic mass is 16.6. The molecule has 2 aliphatic heterocycles. The van der Waals surface area contributed by atoms with Crippen LogP contribution in [-0.2, 0) is 0 Å². The molecule has 0 N–H and O–H groups in total. The van der Waals surface area contributed by atoms with Gasteiger partial charge in [-0.05, 0) is 53.4 Å². The third-order valence-corrected chi connectivity index (χ3v) is 5.49. The van der Waals surface area contributed by atoms with Crippen LogP contribution in [0.25, 0.3) is 0 Å². The van der Waals surface area contributed by atoms with Crippen LogP contribution >= 0.6 is 0 Å². The van der Waals surface area contributed by atoms with Crippen molar-refractivity contribution in [3.8, 4) is 11.5 Å². The Bertz CT molecular complexity index is 764. The van der Waals surface area contributed by atoms with E-state index in [1.54, 1.807) is 0 Å². The topological polar surface area (TPSA) is 76.5 Å². The number of aryl methyl sites for hydroxylation is 4. The first-order valence-corrected chi connectivity index (χ1v) is 10.4. The van der Waals surface area contributed by atoms with Crippen molar-refractivity contribution in [2.75, 3.05) is 36.0 Å². The van der Waals surface area contributed by atoms with Crippen LogP contribution in [0.3, 0.4) is 0 Å². The van der Waals surface area contributed by atoms with Gasteiger partial charge in [0.15, 0.2) is 0 Å². The second kappa shape index (κ2) is 8.43. The highest BCUT2D eigenvalue weighted by molar-refractivity contribution is 6.21. The van der Waals surface area contributed by atoms with E-state index in [0.29, 0.717) is 11.5 Å². The molecule has 9 heteroatoms. The smallest absolute Gasteiger partial charge is 0.524 e. The van der Waals surface area contributed by atoms with Gasteiger partial charge in [-0.15, -0.1) is 0 Å². The molecule has 0 bridgehead atoms. The Labute approximate surface area is 173 Å². The van der Waals surface area contributed by atoms with E-state index in [-0.39, 0.29) is 0 Å². The predicted octanol–water partition coefficient (Wildman–Crippen LogP) is 2.69. The Hall–Kier alpha value is -2.58. The van der Waals surface area contributed by atoms with Gasteiger partial charge in [0.25, 0.3) is 0 Å². The molecule has 4 rings (SSSR count). The van der Waals surface area contributed by atoms with Crippen LogP contribution in [0.15, 0.2) is 0 Å². The summed E-state index contributed by atoms with van der Waals surface area (Å²) in [5, 5.41) is 0. The van der Waals surface area contributed by atoms with Gasteiger partial charge in [0.1, 0.15) is 11.5 Å². The largest absolute Gasteiger partial charge is 0.658 e. The number of nitrogens with zero attached hydrogens (tertiary/aromatic N) is 6. The molecule has 153 valence electrons. The van der Waals surface area contributed by atoms with Gasteiger partial charge in [-0.1, -0.05) is 0 Å². The fourth-order valence-electron chi connectivity index (χ4n) is 3.96. The van der Waals surface area contributed by atoms with Crippen molar-refractivity contribution in [2.45, 2.75) is 53.4 Å². The van der Waals surface area contributed by atoms with Crippen molar-refractivity contribution >= 4 is 19.6 Å². The number of hydrogen-bond acceptors (Lipinski definition) is 8. The fourth-order valence-corrected chi connectivity index (χ4v) is 3.96. The summed E-state index contributed by atoms with van der Waals surface area (Å²) in [6, 6.07) is 0. The first-order valence-electron chi connectivity index (χ1n) is 10.4. The van der Waals surface area contributed by atoms with Crippen LogP contribution in [0.5, 0.6) is 11.5 Å². The Kier molecular flexibility index (Phi) is 5.73. The van der Waals surface area contributed by atoms with Gasteiger partial charge in [0.2, 0.25) is 11.9 Å². The number of rotatable bonds is 6. The first kappa shape index (κ1) is 19.7. The van der Waals surface area contributed by atoms with Gasteiger partial charge in [0.05, 0.1) is 22.8 Å². The molecule has 0 aliphatic carbocycles. The second-order valence-corrected chi connectivity index (χ2v) is 7.77. The maximum atomic E-state index is 5.77. The standard InChI is InChI=1S/C20H28BN6O2/c1-13-17(14(2)23-19(22-13)26-9-5-6-10-26)28-21-29-18-15(3)24-20(25-16(18)4)27-11-7-8-12-27/h5-12H2,1-4H3. The van der Waals surface area contributed by atoms with Crippen LogP contribution < -0.4 is 19.1 Å². The highest BCUT2D eigenvalue weighted by Crippen LogP contribution is 2.27. The Morgan fingerprint density at radius 3 is 1.21 bits per heavy atom. The Morgan fingerprint density at radius 2 is 0.897 bits per heavy atom. The molecule has 0 aromatic carbocycles. The summed E-state index contributed by atoms with van der Waals surface area (Å²) in [5.41, 5.74) is 3.20. The minimum Gasteiger partial charge on any atom is -0.524 e. The molecule has 4 heterocycles. The van der Waals surface area contributed by atoms with Crippen LogP contribution in [-0.4, -0.2) is 53.8 Å². The van der Waals surface area contributed by atoms with Gasteiger partial charge in [-0.3, -0.25) is 0 Å². The van der Waals surface area contributed by atoms with Crippen molar-refractivity contribution in [1.29, 1.82) is 0 Å². The summed E-state index contributed by atoms with van der Waals surface area (Å²) in [7, 11) is 1.32. The zero-order valence-electron chi connectivity index (χ0n) is 17.7. The van der Waals surface area contributed by atoms with Crippen molar-refractivity contribution in [3.05, 3.63) is 22.8 Å². The maximum absolute atomic E-state index is 5.77. The normalized spacial score (nSPS) is 16.4. The van der Waals surface area contributed by atoms with Crippen LogP contribution in [0, 0.1) is 27.7 Å². The van der Waals surface area contributed by atoms with Crippen LogP contribution in [0.1, 0.15) is 48.5 Å². The molecule has 0 unspecified atom stereocenters. The third kappa shape index (κ3) is 4.23. The zero-order chi connectivity index (χ0) is 20.4. The third-order valence-electron chi connectivity index (χ3n) is 5.49. The molecular formula is C20H28BN6O2. The summed E-state index contributed by atoms with van der Waals surface area (Å²) in [5.74, 6) is 2.81. The lowest BCUT2D eigenvalue weighted by atomic mass is 10.2. The van der Waals surface area contributed by atoms with Crippen molar-refractivity contribution in [3.63, 3.8) is 0 Å². The molecule has 2 saturated heterocycles. The molecule has 0 spiro atoms. The lowest BCUT2D eigenvalue weighted by Gasteiger charge is -2.19. The van der Waals surface area contributed by atoms with E-state index in [1.165, 1.54) is 33.4 Å². The second-order valence-electron chi connectivity index (χ2n) is 7.77. The molecule has 2 aromatic heterocycles. The maximum Gasteiger partial charge on any atom is 0.658 e. The predicted molar refractivity (Wildman–Crippen MR) is 113 cm³/mol. The van der Waals surface area contributed by atoms with E-state index < -0.39 is 0 Å². The molecule has 2 aliphatic rings. The van der Waals surface area contributed by atoms with Crippen LogP contribution in [0.2, 0.25) is 0 Å². The van der Waals surface area contributed by atoms with Gasteiger partial charge in [0, 0.05) is 26.2 Å². The lowest BCUT2D eigenvalue weighted by molar-refractivity contribution is 0.444. The summed E-state index contributed by atoms with van der Waals surface area (Å²) in [6.07, 6.45) is 4.77. The Morgan fingerprint density at radius 1 is 0.586 bits per heavy atom.